The number of rotatable bonds is 6. The van der Waals surface area contributed by atoms with Crippen molar-refractivity contribution in [2.24, 2.45) is 0 Å². The van der Waals surface area contributed by atoms with E-state index in [4.69, 9.17) is 4.74 Å². The number of carbonyl (C=O) groups excluding carboxylic acids is 1. The van der Waals surface area contributed by atoms with Crippen LogP contribution >= 0.6 is 0 Å². The summed E-state index contributed by atoms with van der Waals surface area (Å²) >= 11 is 0. The van der Waals surface area contributed by atoms with Crippen LogP contribution in [-0.2, 0) is 11.3 Å². The number of tetrazole rings is 1. The SMILES string of the molecule is CC(C)(C)N(Cc1ccccc1)C(=O)COc1ccc(-n2cnnn2)cc1. The van der Waals surface area contributed by atoms with Gasteiger partial charge in [0.15, 0.2) is 6.61 Å². The molecule has 0 bridgehead atoms. The molecule has 2 aromatic carbocycles. The van der Waals surface area contributed by atoms with Gasteiger partial charge in [-0.25, -0.2) is 4.68 Å². The molecule has 0 saturated heterocycles. The average molecular weight is 365 g/mol. The molecular formula is C20H23N5O2. The number of benzene rings is 2. The smallest absolute Gasteiger partial charge is 0.261 e. The highest BCUT2D eigenvalue weighted by atomic mass is 16.5. The van der Waals surface area contributed by atoms with E-state index in [1.165, 1.54) is 6.33 Å². The minimum absolute atomic E-state index is 0.0195. The molecule has 27 heavy (non-hydrogen) atoms. The molecule has 0 spiro atoms. The summed E-state index contributed by atoms with van der Waals surface area (Å²) in [7, 11) is 0. The van der Waals surface area contributed by atoms with Crippen molar-refractivity contribution in [2.45, 2.75) is 32.9 Å². The first-order valence-corrected chi connectivity index (χ1v) is 8.74. The summed E-state index contributed by atoms with van der Waals surface area (Å²) in [6.07, 6.45) is 1.52. The third-order valence-electron chi connectivity index (χ3n) is 4.11. The van der Waals surface area contributed by atoms with Gasteiger partial charge in [0.2, 0.25) is 0 Å². The number of carbonyl (C=O) groups is 1. The number of amides is 1. The van der Waals surface area contributed by atoms with Crippen LogP contribution in [0.15, 0.2) is 60.9 Å². The minimum atomic E-state index is -0.305. The molecule has 3 rings (SSSR count). The number of nitrogens with zero attached hydrogens (tertiary/aromatic N) is 5. The molecule has 7 heteroatoms. The molecule has 0 fully saturated rings. The Morgan fingerprint density at radius 1 is 1.07 bits per heavy atom. The third kappa shape index (κ3) is 4.91. The molecule has 1 heterocycles. The van der Waals surface area contributed by atoms with Crippen LogP contribution in [0, 0.1) is 0 Å². The first-order chi connectivity index (χ1) is 12.9. The molecule has 0 saturated carbocycles. The number of aromatic nitrogens is 4. The second-order valence-electron chi connectivity index (χ2n) is 7.17. The molecule has 0 atom stereocenters. The van der Waals surface area contributed by atoms with Crippen molar-refractivity contribution in [3.63, 3.8) is 0 Å². The van der Waals surface area contributed by atoms with Gasteiger partial charge < -0.3 is 9.64 Å². The summed E-state index contributed by atoms with van der Waals surface area (Å²) in [6.45, 7) is 6.59. The van der Waals surface area contributed by atoms with Crippen LogP contribution in [0.5, 0.6) is 5.75 Å². The monoisotopic (exact) mass is 365 g/mol. The Hall–Kier alpha value is -3.22. The minimum Gasteiger partial charge on any atom is -0.484 e. The lowest BCUT2D eigenvalue weighted by atomic mass is 10.0. The molecular weight excluding hydrogens is 342 g/mol. The topological polar surface area (TPSA) is 73.1 Å². The van der Waals surface area contributed by atoms with Gasteiger partial charge in [0.25, 0.3) is 5.91 Å². The highest BCUT2D eigenvalue weighted by Crippen LogP contribution is 2.19. The molecule has 0 aliphatic heterocycles. The van der Waals surface area contributed by atoms with E-state index in [2.05, 4.69) is 15.5 Å². The molecule has 3 aromatic rings. The normalized spacial score (nSPS) is 11.2. The summed E-state index contributed by atoms with van der Waals surface area (Å²) in [4.78, 5) is 14.6. The maximum absolute atomic E-state index is 12.8. The first kappa shape index (κ1) is 18.6. The molecule has 1 amide bonds. The van der Waals surface area contributed by atoms with E-state index in [1.807, 2.05) is 68.1 Å². The van der Waals surface area contributed by atoms with E-state index < -0.39 is 0 Å². The zero-order chi connectivity index (χ0) is 19.3. The summed E-state index contributed by atoms with van der Waals surface area (Å²) in [5.41, 5.74) is 1.60. The molecule has 0 aliphatic carbocycles. The van der Waals surface area contributed by atoms with Gasteiger partial charge in [0.05, 0.1) is 5.69 Å². The fourth-order valence-electron chi connectivity index (χ4n) is 2.66. The number of ether oxygens (including phenoxy) is 1. The average Bonchev–Trinajstić information content (AvgIpc) is 3.19. The maximum Gasteiger partial charge on any atom is 0.261 e. The second kappa shape index (κ2) is 7.99. The van der Waals surface area contributed by atoms with Crippen molar-refractivity contribution in [3.8, 4) is 11.4 Å². The summed E-state index contributed by atoms with van der Waals surface area (Å²) in [6, 6.07) is 17.2. The molecule has 0 N–H and O–H groups in total. The highest BCUT2D eigenvalue weighted by Gasteiger charge is 2.26. The Labute approximate surface area is 158 Å². The van der Waals surface area contributed by atoms with Gasteiger partial charge in [0, 0.05) is 12.1 Å². The van der Waals surface area contributed by atoms with E-state index >= 15 is 0 Å². The van der Waals surface area contributed by atoms with Crippen LogP contribution in [0.1, 0.15) is 26.3 Å². The second-order valence-corrected chi connectivity index (χ2v) is 7.17. The molecule has 0 aliphatic rings. The fraction of sp³-hybridized carbons (Fsp3) is 0.300. The predicted octanol–water partition coefficient (Wildman–Crippen LogP) is 2.87. The van der Waals surface area contributed by atoms with E-state index in [9.17, 15) is 4.79 Å². The Kier molecular flexibility index (Phi) is 5.49. The Morgan fingerprint density at radius 2 is 1.78 bits per heavy atom. The van der Waals surface area contributed by atoms with Crippen LogP contribution in [-0.4, -0.2) is 43.2 Å². The van der Waals surface area contributed by atoms with Gasteiger partial charge in [-0.2, -0.15) is 0 Å². The Balaban J connectivity index is 1.63. The van der Waals surface area contributed by atoms with Crippen molar-refractivity contribution in [3.05, 3.63) is 66.5 Å². The zero-order valence-corrected chi connectivity index (χ0v) is 15.7. The largest absolute Gasteiger partial charge is 0.484 e. The van der Waals surface area contributed by atoms with Crippen LogP contribution in [0.4, 0.5) is 0 Å². The standard InChI is InChI=1S/C20H23N5O2/c1-20(2,3)24(13-16-7-5-4-6-8-16)19(26)14-27-18-11-9-17(10-12-18)25-15-21-22-23-25/h4-12,15H,13-14H2,1-3H3. The lowest BCUT2D eigenvalue weighted by Crippen LogP contribution is -2.47. The first-order valence-electron chi connectivity index (χ1n) is 8.74. The van der Waals surface area contributed by atoms with Gasteiger partial charge in [-0.05, 0) is 61.0 Å². The Bertz CT molecular complexity index is 856. The quantitative estimate of drug-likeness (QED) is 0.672. The van der Waals surface area contributed by atoms with E-state index in [0.717, 1.165) is 11.3 Å². The highest BCUT2D eigenvalue weighted by molar-refractivity contribution is 5.78. The van der Waals surface area contributed by atoms with Gasteiger partial charge in [-0.3, -0.25) is 4.79 Å². The van der Waals surface area contributed by atoms with Crippen molar-refractivity contribution in [1.82, 2.24) is 25.1 Å². The lowest BCUT2D eigenvalue weighted by molar-refractivity contribution is -0.139. The molecule has 0 unspecified atom stereocenters. The van der Waals surface area contributed by atoms with Crippen molar-refractivity contribution >= 4 is 5.91 Å². The van der Waals surface area contributed by atoms with E-state index in [0.29, 0.717) is 12.3 Å². The lowest BCUT2D eigenvalue weighted by Gasteiger charge is -2.35. The fourth-order valence-corrected chi connectivity index (χ4v) is 2.66. The summed E-state index contributed by atoms with van der Waals surface area (Å²) in [5.74, 6) is 0.560. The van der Waals surface area contributed by atoms with Crippen LogP contribution < -0.4 is 4.74 Å². The van der Waals surface area contributed by atoms with Crippen molar-refractivity contribution < 1.29 is 9.53 Å². The summed E-state index contributed by atoms with van der Waals surface area (Å²) in [5, 5.41) is 11.1. The maximum atomic E-state index is 12.8. The molecule has 7 nitrogen and oxygen atoms in total. The van der Waals surface area contributed by atoms with E-state index in [-0.39, 0.29) is 18.1 Å². The molecule has 1 aromatic heterocycles. The number of hydrogen-bond donors (Lipinski definition) is 0. The van der Waals surface area contributed by atoms with Crippen LogP contribution in [0.25, 0.3) is 5.69 Å². The summed E-state index contributed by atoms with van der Waals surface area (Å²) < 4.78 is 7.25. The van der Waals surface area contributed by atoms with Gasteiger partial charge in [-0.1, -0.05) is 30.3 Å². The van der Waals surface area contributed by atoms with Gasteiger partial charge in [0.1, 0.15) is 12.1 Å². The van der Waals surface area contributed by atoms with Crippen LogP contribution in [0.3, 0.4) is 0 Å². The van der Waals surface area contributed by atoms with Crippen LogP contribution in [0.2, 0.25) is 0 Å². The molecule has 140 valence electrons. The van der Waals surface area contributed by atoms with Crippen molar-refractivity contribution in [1.29, 1.82) is 0 Å². The Morgan fingerprint density at radius 3 is 2.37 bits per heavy atom. The number of hydrogen-bond acceptors (Lipinski definition) is 5. The van der Waals surface area contributed by atoms with Gasteiger partial charge >= 0.3 is 0 Å². The van der Waals surface area contributed by atoms with Gasteiger partial charge in [-0.15, -0.1) is 5.10 Å². The zero-order valence-electron chi connectivity index (χ0n) is 15.7. The van der Waals surface area contributed by atoms with E-state index in [1.54, 1.807) is 16.8 Å². The molecule has 0 radical (unpaired) electrons. The third-order valence-corrected chi connectivity index (χ3v) is 4.11. The predicted molar refractivity (Wildman–Crippen MR) is 101 cm³/mol. The van der Waals surface area contributed by atoms with Crippen molar-refractivity contribution in [2.75, 3.05) is 6.61 Å².